The van der Waals surface area contributed by atoms with E-state index in [1.165, 1.54) is 13.4 Å². The van der Waals surface area contributed by atoms with Crippen molar-refractivity contribution in [3.63, 3.8) is 0 Å². The van der Waals surface area contributed by atoms with E-state index < -0.39 is 40.8 Å². The van der Waals surface area contributed by atoms with Crippen LogP contribution in [0.3, 0.4) is 0 Å². The zero-order valence-corrected chi connectivity index (χ0v) is 15.6. The first-order valence-electron chi connectivity index (χ1n) is 9.44. The summed E-state index contributed by atoms with van der Waals surface area (Å²) in [5.41, 5.74) is -1.59. The Morgan fingerprint density at radius 2 is 2.11 bits per heavy atom. The Kier molecular flexibility index (Phi) is 4.25. The van der Waals surface area contributed by atoms with Crippen molar-refractivity contribution in [1.82, 2.24) is 0 Å². The predicted molar refractivity (Wildman–Crippen MR) is 92.7 cm³/mol. The van der Waals surface area contributed by atoms with Crippen molar-refractivity contribution < 1.29 is 34.1 Å². The summed E-state index contributed by atoms with van der Waals surface area (Å²) in [5, 5.41) is 32.2. The summed E-state index contributed by atoms with van der Waals surface area (Å²) in [6, 6.07) is 1.65. The third-order valence-corrected chi connectivity index (χ3v) is 7.38. The molecule has 27 heavy (non-hydrogen) atoms. The van der Waals surface area contributed by atoms with Crippen LogP contribution in [0, 0.1) is 28.6 Å². The first-order chi connectivity index (χ1) is 12.8. The predicted octanol–water partition coefficient (Wildman–Crippen LogP) is 0.944. The van der Waals surface area contributed by atoms with E-state index in [1.807, 2.05) is 0 Å². The molecular weight excluding hydrogens is 352 g/mol. The van der Waals surface area contributed by atoms with Crippen molar-refractivity contribution >= 4 is 11.8 Å². The summed E-state index contributed by atoms with van der Waals surface area (Å²) in [7, 11) is 1.28. The van der Waals surface area contributed by atoms with Gasteiger partial charge in [-0.15, -0.1) is 0 Å². The number of aliphatic hydroxyl groups is 3. The van der Waals surface area contributed by atoms with Crippen LogP contribution in [-0.2, 0) is 16.0 Å². The lowest BCUT2D eigenvalue weighted by Gasteiger charge is -2.62. The van der Waals surface area contributed by atoms with E-state index >= 15 is 0 Å². The maximum absolute atomic E-state index is 13.0. The molecule has 0 spiro atoms. The fourth-order valence-electron chi connectivity index (χ4n) is 6.52. The average Bonchev–Trinajstić information content (AvgIpc) is 3.10. The molecule has 1 aromatic heterocycles. The van der Waals surface area contributed by atoms with Gasteiger partial charge in [0.15, 0.2) is 5.78 Å². The van der Waals surface area contributed by atoms with E-state index in [4.69, 9.17) is 9.15 Å². The standard InChI is InChI=1S/C20H26O7/c1-19(18(25)26-2)7-10(22)8-20(9-21)13-6-15-11(3-4-27-15)16(24)12(13)5-14(23)17(19)20/h3-4,10,12-14,17,21-23H,5-9H2,1-2H3/t10-,12+,13-,14+,17-,19+,20-/m0/s1. The largest absolute Gasteiger partial charge is 0.469 e. The molecule has 2 saturated carbocycles. The van der Waals surface area contributed by atoms with Gasteiger partial charge in [0.25, 0.3) is 0 Å². The topological polar surface area (TPSA) is 117 Å². The summed E-state index contributed by atoms with van der Waals surface area (Å²) in [4.78, 5) is 25.7. The molecule has 0 aliphatic heterocycles. The lowest BCUT2D eigenvalue weighted by molar-refractivity contribution is -0.218. The van der Waals surface area contributed by atoms with Crippen LogP contribution in [0.1, 0.15) is 42.3 Å². The molecule has 0 aromatic carbocycles. The van der Waals surface area contributed by atoms with Crippen molar-refractivity contribution in [2.45, 2.75) is 44.8 Å². The van der Waals surface area contributed by atoms with Gasteiger partial charge in [0, 0.05) is 30.3 Å². The number of furan rings is 1. The van der Waals surface area contributed by atoms with Gasteiger partial charge in [-0.1, -0.05) is 0 Å². The van der Waals surface area contributed by atoms with Crippen molar-refractivity contribution in [3.05, 3.63) is 23.7 Å². The van der Waals surface area contributed by atoms with Crippen LogP contribution in [0.5, 0.6) is 0 Å². The fraction of sp³-hybridized carbons (Fsp3) is 0.700. The maximum Gasteiger partial charge on any atom is 0.312 e. The Morgan fingerprint density at radius 3 is 2.78 bits per heavy atom. The zero-order chi connectivity index (χ0) is 19.6. The number of Topliss-reactive ketones (excluding diaryl/α,β-unsaturated/α-hetero) is 1. The third kappa shape index (κ3) is 2.38. The molecule has 1 heterocycles. The number of ether oxygens (including phenoxy) is 1. The molecule has 4 rings (SSSR count). The Labute approximate surface area is 157 Å². The first kappa shape index (κ1) is 18.7. The minimum atomic E-state index is -1.15. The van der Waals surface area contributed by atoms with Gasteiger partial charge in [0.2, 0.25) is 0 Å². The number of hydrogen-bond acceptors (Lipinski definition) is 7. The third-order valence-electron chi connectivity index (χ3n) is 7.38. The van der Waals surface area contributed by atoms with Crippen LogP contribution in [-0.4, -0.2) is 53.0 Å². The molecule has 7 atom stereocenters. The lowest BCUT2D eigenvalue weighted by atomic mass is 9.42. The summed E-state index contributed by atoms with van der Waals surface area (Å²) in [6.07, 6.45) is 0.732. The van der Waals surface area contributed by atoms with Gasteiger partial charge >= 0.3 is 5.97 Å². The lowest BCUT2D eigenvalue weighted by Crippen LogP contribution is -2.66. The van der Waals surface area contributed by atoms with E-state index in [0.717, 1.165) is 0 Å². The summed E-state index contributed by atoms with van der Waals surface area (Å²) < 4.78 is 10.5. The highest BCUT2D eigenvalue weighted by atomic mass is 16.5. The molecule has 2 fully saturated rings. The van der Waals surface area contributed by atoms with E-state index in [9.17, 15) is 24.9 Å². The van der Waals surface area contributed by atoms with Gasteiger partial charge in [-0.05, 0) is 38.2 Å². The van der Waals surface area contributed by atoms with E-state index in [0.29, 0.717) is 17.7 Å². The Bertz CT molecular complexity index is 770. The van der Waals surface area contributed by atoms with E-state index in [1.54, 1.807) is 13.0 Å². The molecular formula is C20H26O7. The molecule has 148 valence electrons. The number of fused-ring (bicyclic) bond motifs is 4. The monoisotopic (exact) mass is 378 g/mol. The Morgan fingerprint density at radius 1 is 1.37 bits per heavy atom. The maximum atomic E-state index is 13.0. The van der Waals surface area contributed by atoms with Crippen LogP contribution >= 0.6 is 0 Å². The molecule has 0 unspecified atom stereocenters. The smallest absolute Gasteiger partial charge is 0.312 e. The number of aliphatic hydroxyl groups excluding tert-OH is 3. The van der Waals surface area contributed by atoms with Crippen molar-refractivity contribution in [2.24, 2.45) is 28.6 Å². The number of esters is 1. The highest BCUT2D eigenvalue weighted by Crippen LogP contribution is 2.63. The second-order valence-corrected chi connectivity index (χ2v) is 8.68. The van der Waals surface area contributed by atoms with Crippen molar-refractivity contribution in [1.29, 1.82) is 0 Å². The van der Waals surface area contributed by atoms with Gasteiger partial charge in [0.1, 0.15) is 5.76 Å². The number of methoxy groups -OCH3 is 1. The number of hydrogen-bond donors (Lipinski definition) is 3. The number of ketones is 1. The molecule has 7 nitrogen and oxygen atoms in total. The minimum Gasteiger partial charge on any atom is -0.469 e. The summed E-state index contributed by atoms with van der Waals surface area (Å²) >= 11 is 0. The van der Waals surface area contributed by atoms with E-state index in [-0.39, 0.29) is 37.6 Å². The van der Waals surface area contributed by atoms with Gasteiger partial charge in [0.05, 0.1) is 36.6 Å². The van der Waals surface area contributed by atoms with Crippen LogP contribution in [0.25, 0.3) is 0 Å². The zero-order valence-electron chi connectivity index (χ0n) is 15.6. The second-order valence-electron chi connectivity index (χ2n) is 8.68. The highest BCUT2D eigenvalue weighted by Gasteiger charge is 2.67. The van der Waals surface area contributed by atoms with Gasteiger partial charge in [-0.3, -0.25) is 9.59 Å². The van der Waals surface area contributed by atoms with Crippen molar-refractivity contribution in [3.8, 4) is 0 Å². The molecule has 0 amide bonds. The van der Waals surface area contributed by atoms with Crippen LogP contribution in [0.2, 0.25) is 0 Å². The Hall–Kier alpha value is -1.70. The van der Waals surface area contributed by atoms with Gasteiger partial charge < -0.3 is 24.5 Å². The molecule has 3 aliphatic rings. The molecule has 1 aromatic rings. The molecule has 3 N–H and O–H groups in total. The van der Waals surface area contributed by atoms with E-state index in [2.05, 4.69) is 0 Å². The number of rotatable bonds is 2. The molecule has 0 radical (unpaired) electrons. The molecule has 3 aliphatic carbocycles. The summed E-state index contributed by atoms with van der Waals surface area (Å²) in [6.45, 7) is 1.35. The first-order valence-corrected chi connectivity index (χ1v) is 9.44. The summed E-state index contributed by atoms with van der Waals surface area (Å²) in [5.74, 6) is -1.44. The van der Waals surface area contributed by atoms with Gasteiger partial charge in [-0.25, -0.2) is 0 Å². The highest BCUT2D eigenvalue weighted by molar-refractivity contribution is 6.00. The van der Waals surface area contributed by atoms with Gasteiger partial charge in [-0.2, -0.15) is 0 Å². The second kappa shape index (κ2) is 6.15. The quantitative estimate of drug-likeness (QED) is 0.656. The number of carbonyl (C=O) groups is 2. The minimum absolute atomic E-state index is 0.0971. The van der Waals surface area contributed by atoms with Crippen LogP contribution in [0.15, 0.2) is 16.7 Å². The Balaban J connectivity index is 1.86. The fourth-order valence-corrected chi connectivity index (χ4v) is 6.52. The van der Waals surface area contributed by atoms with Crippen LogP contribution < -0.4 is 0 Å². The normalized spacial score (nSPS) is 43.4. The van der Waals surface area contributed by atoms with Crippen LogP contribution in [0.4, 0.5) is 0 Å². The molecule has 0 saturated heterocycles. The molecule has 0 bridgehead atoms. The average molecular weight is 378 g/mol. The van der Waals surface area contributed by atoms with Crippen molar-refractivity contribution in [2.75, 3.05) is 13.7 Å². The molecule has 7 heteroatoms. The number of carbonyl (C=O) groups excluding carboxylic acids is 2. The SMILES string of the molecule is COC(=O)[C@]1(C)C[C@H](O)C[C@@]2(CO)[C@H]1[C@H](O)C[C@H]1C(=O)c3ccoc3C[C@@H]12.